The van der Waals surface area contributed by atoms with Crippen molar-refractivity contribution in [3.8, 4) is 11.3 Å². The van der Waals surface area contributed by atoms with Gasteiger partial charge in [0, 0.05) is 27.4 Å². The third-order valence-corrected chi connectivity index (χ3v) is 5.69. The quantitative estimate of drug-likeness (QED) is 0.354. The molecule has 2 heterocycles. The lowest BCUT2D eigenvalue weighted by molar-refractivity contribution is 0.0697. The van der Waals surface area contributed by atoms with Crippen LogP contribution in [0.1, 0.15) is 27.0 Å². The van der Waals surface area contributed by atoms with E-state index in [1.807, 2.05) is 6.07 Å². The van der Waals surface area contributed by atoms with Gasteiger partial charge in [0.15, 0.2) is 0 Å². The van der Waals surface area contributed by atoms with Crippen molar-refractivity contribution in [3.63, 3.8) is 0 Å². The van der Waals surface area contributed by atoms with E-state index in [9.17, 15) is 18.7 Å². The first kappa shape index (κ1) is 21.7. The van der Waals surface area contributed by atoms with Crippen LogP contribution in [0.3, 0.4) is 0 Å². The Bertz CT molecular complexity index is 1470. The van der Waals surface area contributed by atoms with Gasteiger partial charge in [-0.3, -0.25) is 4.99 Å². The van der Waals surface area contributed by atoms with Gasteiger partial charge in [-0.1, -0.05) is 35.9 Å². The van der Waals surface area contributed by atoms with Gasteiger partial charge in [-0.25, -0.2) is 18.6 Å². The lowest BCUT2D eigenvalue weighted by Gasteiger charge is -2.14. The minimum atomic E-state index is -1.03. The van der Waals surface area contributed by atoms with Crippen LogP contribution in [0.2, 0.25) is 5.02 Å². The van der Waals surface area contributed by atoms with Gasteiger partial charge in [0.2, 0.25) is 0 Å². The van der Waals surface area contributed by atoms with Gasteiger partial charge >= 0.3 is 5.97 Å². The molecule has 5 rings (SSSR count). The van der Waals surface area contributed by atoms with Crippen molar-refractivity contribution in [3.05, 3.63) is 112 Å². The monoisotopic (exact) mass is 475 g/mol. The summed E-state index contributed by atoms with van der Waals surface area (Å²) in [6.45, 7) is 0.159. The molecule has 1 aliphatic heterocycles. The molecule has 0 saturated carbocycles. The van der Waals surface area contributed by atoms with Gasteiger partial charge in [0.05, 0.1) is 29.1 Å². The van der Waals surface area contributed by atoms with Gasteiger partial charge in [0.1, 0.15) is 17.5 Å². The molecular weight excluding hydrogens is 460 g/mol. The van der Waals surface area contributed by atoms with Crippen LogP contribution in [-0.4, -0.2) is 21.8 Å². The molecule has 5 nitrogen and oxygen atoms in total. The summed E-state index contributed by atoms with van der Waals surface area (Å²) >= 11 is 6.25. The highest BCUT2D eigenvalue weighted by atomic mass is 35.5. The minimum absolute atomic E-state index is 0.143. The SMILES string of the molecule is O=C(O)c1cccc(Nc2ccc3c(n2)-c2ccc(Cl)cc2C(c2c(F)cccc2F)=NC3)c1. The van der Waals surface area contributed by atoms with E-state index in [4.69, 9.17) is 16.6 Å². The Hall–Kier alpha value is -4.10. The van der Waals surface area contributed by atoms with Gasteiger partial charge in [-0.2, -0.15) is 0 Å². The number of aromatic carboxylic acids is 1. The molecule has 0 amide bonds. The third kappa shape index (κ3) is 4.02. The van der Waals surface area contributed by atoms with Crippen LogP contribution < -0.4 is 5.32 Å². The van der Waals surface area contributed by atoms with E-state index in [2.05, 4.69) is 10.3 Å². The highest BCUT2D eigenvalue weighted by molar-refractivity contribution is 6.31. The van der Waals surface area contributed by atoms with Crippen LogP contribution in [0, 0.1) is 11.6 Å². The fourth-order valence-electron chi connectivity index (χ4n) is 3.90. The first-order valence-electron chi connectivity index (χ1n) is 10.3. The second-order valence-electron chi connectivity index (χ2n) is 7.67. The smallest absolute Gasteiger partial charge is 0.335 e. The molecule has 0 radical (unpaired) electrons. The van der Waals surface area contributed by atoms with Crippen LogP contribution in [0.15, 0.2) is 77.8 Å². The molecule has 0 atom stereocenters. The zero-order chi connectivity index (χ0) is 23.8. The fraction of sp³-hybridized carbons (Fsp3) is 0.0385. The number of aliphatic imine (C=N–C) groups is 1. The maximum Gasteiger partial charge on any atom is 0.335 e. The number of nitrogens with zero attached hydrogens (tertiary/aromatic N) is 2. The predicted octanol–water partition coefficient (Wildman–Crippen LogP) is 6.47. The van der Waals surface area contributed by atoms with Crippen molar-refractivity contribution < 1.29 is 18.7 Å². The minimum Gasteiger partial charge on any atom is -0.478 e. The van der Waals surface area contributed by atoms with E-state index in [0.29, 0.717) is 33.3 Å². The average Bonchev–Trinajstić information content (AvgIpc) is 2.96. The molecule has 3 aromatic carbocycles. The Balaban J connectivity index is 1.62. The molecule has 0 bridgehead atoms. The molecule has 0 saturated heterocycles. The summed E-state index contributed by atoms with van der Waals surface area (Å²) < 4.78 is 29.3. The molecule has 34 heavy (non-hydrogen) atoms. The van der Waals surface area contributed by atoms with Crippen LogP contribution in [0.25, 0.3) is 11.3 Å². The Morgan fingerprint density at radius 1 is 0.941 bits per heavy atom. The van der Waals surface area contributed by atoms with E-state index in [1.54, 1.807) is 36.4 Å². The zero-order valence-electron chi connectivity index (χ0n) is 17.5. The van der Waals surface area contributed by atoms with Crippen LogP contribution in [0.5, 0.6) is 0 Å². The molecule has 8 heteroatoms. The number of fused-ring (bicyclic) bond motifs is 3. The Kier molecular flexibility index (Phi) is 5.55. The first-order chi connectivity index (χ1) is 16.4. The summed E-state index contributed by atoms with van der Waals surface area (Å²) in [4.78, 5) is 20.5. The van der Waals surface area contributed by atoms with E-state index in [-0.39, 0.29) is 23.4 Å². The number of hydrogen-bond acceptors (Lipinski definition) is 4. The number of nitrogens with one attached hydrogen (secondary N) is 1. The van der Waals surface area contributed by atoms with E-state index in [0.717, 1.165) is 5.56 Å². The van der Waals surface area contributed by atoms with E-state index < -0.39 is 17.6 Å². The number of halogens is 3. The number of aromatic nitrogens is 1. The lowest BCUT2D eigenvalue weighted by Crippen LogP contribution is -2.10. The number of carboxylic acids is 1. The van der Waals surface area contributed by atoms with Gasteiger partial charge in [-0.15, -0.1) is 0 Å². The summed E-state index contributed by atoms with van der Waals surface area (Å²) in [5.41, 5.74) is 3.08. The van der Waals surface area contributed by atoms with Crippen molar-refractivity contribution in [2.45, 2.75) is 6.54 Å². The summed E-state index contributed by atoms with van der Waals surface area (Å²) in [5, 5.41) is 12.7. The Labute approximate surface area is 198 Å². The fourth-order valence-corrected chi connectivity index (χ4v) is 4.07. The van der Waals surface area contributed by atoms with Crippen LogP contribution >= 0.6 is 11.6 Å². The van der Waals surface area contributed by atoms with Crippen molar-refractivity contribution in [1.82, 2.24) is 4.98 Å². The number of anilines is 2. The molecule has 0 unspecified atom stereocenters. The highest BCUT2D eigenvalue weighted by Gasteiger charge is 2.25. The second kappa shape index (κ2) is 8.68. The molecule has 2 N–H and O–H groups in total. The first-order valence-corrected chi connectivity index (χ1v) is 10.7. The van der Waals surface area contributed by atoms with Gasteiger partial charge < -0.3 is 10.4 Å². The summed E-state index contributed by atoms with van der Waals surface area (Å²) in [7, 11) is 0. The van der Waals surface area contributed by atoms with Gasteiger partial charge in [-0.05, 0) is 48.5 Å². The Morgan fingerprint density at radius 3 is 2.47 bits per heavy atom. The van der Waals surface area contributed by atoms with Crippen molar-refractivity contribution in [2.24, 2.45) is 4.99 Å². The average molecular weight is 476 g/mol. The molecule has 0 fully saturated rings. The van der Waals surface area contributed by atoms with Crippen molar-refractivity contribution >= 4 is 34.8 Å². The molecule has 1 aromatic heterocycles. The third-order valence-electron chi connectivity index (χ3n) is 5.46. The van der Waals surface area contributed by atoms with Gasteiger partial charge in [0.25, 0.3) is 0 Å². The lowest BCUT2D eigenvalue weighted by atomic mass is 9.94. The predicted molar refractivity (Wildman–Crippen MR) is 127 cm³/mol. The number of pyridine rings is 1. The largest absolute Gasteiger partial charge is 0.478 e. The van der Waals surface area contributed by atoms with Crippen LogP contribution in [-0.2, 0) is 6.54 Å². The molecule has 1 aliphatic rings. The number of carboxylic acid groups (broad SMARTS) is 1. The number of benzene rings is 3. The van der Waals surface area contributed by atoms with Crippen molar-refractivity contribution in [1.29, 1.82) is 0 Å². The molecule has 0 aliphatic carbocycles. The summed E-state index contributed by atoms with van der Waals surface area (Å²) in [5.74, 6) is -1.99. The highest BCUT2D eigenvalue weighted by Crippen LogP contribution is 2.35. The zero-order valence-corrected chi connectivity index (χ0v) is 18.3. The van der Waals surface area contributed by atoms with Crippen LogP contribution in [0.4, 0.5) is 20.3 Å². The molecular formula is C26H16ClF2N3O2. The summed E-state index contributed by atoms with van der Waals surface area (Å²) in [6.07, 6.45) is 0. The topological polar surface area (TPSA) is 74.6 Å². The number of rotatable bonds is 4. The van der Waals surface area contributed by atoms with E-state index in [1.165, 1.54) is 30.3 Å². The number of carbonyl (C=O) groups is 1. The Morgan fingerprint density at radius 2 is 1.71 bits per heavy atom. The van der Waals surface area contributed by atoms with Crippen molar-refractivity contribution in [2.75, 3.05) is 5.32 Å². The maximum absolute atomic E-state index is 14.7. The summed E-state index contributed by atoms with van der Waals surface area (Å²) in [6, 6.07) is 18.7. The number of hydrogen-bond donors (Lipinski definition) is 2. The standard InChI is InChI=1S/C26H16ClF2N3O2/c27-16-8-9-18-19(12-16)25(23-20(28)5-2-6-21(23)29)30-13-15-7-10-22(32-24(15)18)31-17-4-1-3-14(11-17)26(33)34/h1-12H,13H2,(H,31,32)(H,33,34). The maximum atomic E-state index is 14.7. The van der Waals surface area contributed by atoms with E-state index >= 15 is 0 Å². The second-order valence-corrected chi connectivity index (χ2v) is 8.10. The molecule has 4 aromatic rings. The molecule has 168 valence electrons. The molecule has 0 spiro atoms. The normalized spacial score (nSPS) is 12.3.